The molecule has 0 aromatic carbocycles. The summed E-state index contributed by atoms with van der Waals surface area (Å²) < 4.78 is 1.31. The van der Waals surface area contributed by atoms with E-state index >= 15 is 0 Å². The molecular formula is C14H13ClN4O2. The summed E-state index contributed by atoms with van der Waals surface area (Å²) in [6.45, 7) is 0. The second kappa shape index (κ2) is 5.29. The normalized spacial score (nSPS) is 14.0. The number of hydrogen-bond donors (Lipinski definition) is 1. The van der Waals surface area contributed by atoms with Gasteiger partial charge in [-0.1, -0.05) is 11.6 Å². The van der Waals surface area contributed by atoms with Gasteiger partial charge in [-0.2, -0.15) is 0 Å². The Morgan fingerprint density at radius 3 is 2.90 bits per heavy atom. The number of hydrogen-bond acceptors (Lipinski definition) is 4. The fourth-order valence-corrected chi connectivity index (χ4v) is 2.22. The smallest absolute Gasteiger partial charge is 0.274 e. The molecule has 2 aromatic rings. The Morgan fingerprint density at radius 1 is 1.48 bits per heavy atom. The molecule has 1 aliphatic carbocycles. The lowest BCUT2D eigenvalue weighted by atomic mass is 10.3. The van der Waals surface area contributed by atoms with Gasteiger partial charge in [-0.15, -0.1) is 0 Å². The molecule has 2 aromatic heterocycles. The summed E-state index contributed by atoms with van der Waals surface area (Å²) in [6.07, 6.45) is 5.24. The lowest BCUT2D eigenvalue weighted by Crippen LogP contribution is -2.20. The fraction of sp³-hybridized carbons (Fsp3) is 0.286. The first-order chi connectivity index (χ1) is 10.0. The minimum absolute atomic E-state index is 0.0525. The van der Waals surface area contributed by atoms with E-state index in [1.807, 2.05) is 0 Å². The SMILES string of the molecule is Cn1cc(NC(=O)c2ccnc(C3CC3)n2)cc(Cl)c1=O. The van der Waals surface area contributed by atoms with Crippen LogP contribution in [0.1, 0.15) is 35.1 Å². The van der Waals surface area contributed by atoms with Gasteiger partial charge < -0.3 is 9.88 Å². The predicted molar refractivity (Wildman–Crippen MR) is 78.7 cm³/mol. The molecule has 1 saturated carbocycles. The summed E-state index contributed by atoms with van der Waals surface area (Å²) in [5.41, 5.74) is 0.434. The van der Waals surface area contributed by atoms with E-state index in [4.69, 9.17) is 11.6 Å². The van der Waals surface area contributed by atoms with Crippen LogP contribution in [-0.4, -0.2) is 20.4 Å². The van der Waals surface area contributed by atoms with Gasteiger partial charge in [-0.05, 0) is 25.0 Å². The van der Waals surface area contributed by atoms with Gasteiger partial charge in [-0.3, -0.25) is 9.59 Å². The summed E-state index contributed by atoms with van der Waals surface area (Å²) in [4.78, 5) is 32.1. The molecule has 6 nitrogen and oxygen atoms in total. The maximum atomic E-state index is 12.2. The quantitative estimate of drug-likeness (QED) is 0.940. The van der Waals surface area contributed by atoms with Crippen molar-refractivity contribution in [1.82, 2.24) is 14.5 Å². The minimum Gasteiger partial charge on any atom is -0.319 e. The predicted octanol–water partition coefficient (Wildman–Crippen LogP) is 1.96. The van der Waals surface area contributed by atoms with Crippen LogP contribution in [0.25, 0.3) is 0 Å². The van der Waals surface area contributed by atoms with Crippen LogP contribution in [0.5, 0.6) is 0 Å². The second-order valence-electron chi connectivity index (χ2n) is 5.02. The van der Waals surface area contributed by atoms with Gasteiger partial charge in [0.15, 0.2) is 0 Å². The number of carbonyl (C=O) groups is 1. The van der Waals surface area contributed by atoms with Crippen molar-refractivity contribution in [2.45, 2.75) is 18.8 Å². The first-order valence-corrected chi connectivity index (χ1v) is 6.93. The van der Waals surface area contributed by atoms with Crippen molar-refractivity contribution in [3.63, 3.8) is 0 Å². The summed E-state index contributed by atoms with van der Waals surface area (Å²) in [6, 6.07) is 2.98. The fourth-order valence-electron chi connectivity index (χ4n) is 1.97. The van der Waals surface area contributed by atoms with Crippen molar-refractivity contribution in [2.75, 3.05) is 5.32 Å². The van der Waals surface area contributed by atoms with Gasteiger partial charge in [0.1, 0.15) is 16.5 Å². The zero-order chi connectivity index (χ0) is 15.0. The molecule has 0 atom stereocenters. The molecular weight excluding hydrogens is 292 g/mol. The van der Waals surface area contributed by atoms with Crippen molar-refractivity contribution in [3.05, 3.63) is 51.4 Å². The van der Waals surface area contributed by atoms with Gasteiger partial charge in [0, 0.05) is 25.4 Å². The average molecular weight is 305 g/mol. The second-order valence-corrected chi connectivity index (χ2v) is 5.43. The molecule has 0 bridgehead atoms. The highest BCUT2D eigenvalue weighted by atomic mass is 35.5. The number of carbonyl (C=O) groups excluding carboxylic acids is 1. The van der Waals surface area contributed by atoms with Gasteiger partial charge in [0.2, 0.25) is 0 Å². The van der Waals surface area contributed by atoms with Gasteiger partial charge >= 0.3 is 0 Å². The molecule has 1 N–H and O–H groups in total. The molecule has 1 fully saturated rings. The molecule has 0 spiro atoms. The van der Waals surface area contributed by atoms with E-state index in [0.717, 1.165) is 12.8 Å². The highest BCUT2D eigenvalue weighted by Gasteiger charge is 2.27. The van der Waals surface area contributed by atoms with E-state index in [1.54, 1.807) is 19.3 Å². The topological polar surface area (TPSA) is 76.9 Å². The van der Waals surface area contributed by atoms with Crippen molar-refractivity contribution in [2.24, 2.45) is 7.05 Å². The standard InChI is InChI=1S/C14H13ClN4O2/c1-19-7-9(6-10(15)14(19)21)17-13(20)11-4-5-16-12(18-11)8-2-3-8/h4-8H,2-3H2,1H3,(H,17,20). The zero-order valence-electron chi connectivity index (χ0n) is 11.3. The van der Waals surface area contributed by atoms with Crippen LogP contribution in [0.15, 0.2) is 29.3 Å². The molecule has 1 amide bonds. The summed E-state index contributed by atoms with van der Waals surface area (Å²) in [5.74, 6) is 0.736. The molecule has 0 unspecified atom stereocenters. The Morgan fingerprint density at radius 2 is 2.24 bits per heavy atom. The van der Waals surface area contributed by atoms with Crippen LogP contribution in [0.2, 0.25) is 5.02 Å². The number of aromatic nitrogens is 3. The van der Waals surface area contributed by atoms with Crippen molar-refractivity contribution in [1.29, 1.82) is 0 Å². The van der Waals surface area contributed by atoms with Gasteiger partial charge in [0.05, 0.1) is 5.69 Å². The largest absolute Gasteiger partial charge is 0.319 e. The number of aryl methyl sites for hydroxylation is 1. The summed E-state index contributed by atoms with van der Waals surface area (Å²) in [7, 11) is 1.57. The van der Waals surface area contributed by atoms with Crippen LogP contribution < -0.4 is 10.9 Å². The third kappa shape index (κ3) is 2.95. The summed E-state index contributed by atoms with van der Waals surface area (Å²) >= 11 is 5.81. The monoisotopic (exact) mass is 304 g/mol. The number of rotatable bonds is 3. The first kappa shape index (κ1) is 13.8. The Balaban J connectivity index is 1.83. The first-order valence-electron chi connectivity index (χ1n) is 6.55. The lowest BCUT2D eigenvalue weighted by molar-refractivity contribution is 0.102. The van der Waals surface area contributed by atoms with Gasteiger partial charge in [-0.25, -0.2) is 9.97 Å². The molecule has 2 heterocycles. The third-order valence-electron chi connectivity index (χ3n) is 3.25. The Kier molecular flexibility index (Phi) is 3.47. The van der Waals surface area contributed by atoms with Crippen LogP contribution in [0.4, 0.5) is 5.69 Å². The molecule has 108 valence electrons. The minimum atomic E-state index is -0.353. The molecule has 3 rings (SSSR count). The van der Waals surface area contributed by atoms with E-state index in [1.165, 1.54) is 16.8 Å². The molecule has 0 radical (unpaired) electrons. The molecule has 0 aliphatic heterocycles. The Bertz CT molecular complexity index is 742. The Labute approximate surface area is 125 Å². The number of halogens is 1. The molecule has 21 heavy (non-hydrogen) atoms. The number of nitrogens with one attached hydrogen (secondary N) is 1. The Hall–Kier alpha value is -2.21. The van der Waals surface area contributed by atoms with E-state index < -0.39 is 0 Å². The number of nitrogens with zero attached hydrogens (tertiary/aromatic N) is 3. The maximum absolute atomic E-state index is 12.2. The maximum Gasteiger partial charge on any atom is 0.274 e. The zero-order valence-corrected chi connectivity index (χ0v) is 12.1. The highest BCUT2D eigenvalue weighted by molar-refractivity contribution is 6.30. The van der Waals surface area contributed by atoms with E-state index in [-0.39, 0.29) is 16.5 Å². The average Bonchev–Trinajstić information content (AvgIpc) is 3.29. The molecule has 7 heteroatoms. The number of anilines is 1. The van der Waals surface area contributed by atoms with Crippen LogP contribution in [-0.2, 0) is 7.05 Å². The van der Waals surface area contributed by atoms with Crippen molar-refractivity contribution in [3.8, 4) is 0 Å². The van der Waals surface area contributed by atoms with E-state index in [9.17, 15) is 9.59 Å². The van der Waals surface area contributed by atoms with Crippen molar-refractivity contribution < 1.29 is 4.79 Å². The van der Waals surface area contributed by atoms with Crippen LogP contribution in [0, 0.1) is 0 Å². The van der Waals surface area contributed by atoms with E-state index in [0.29, 0.717) is 23.1 Å². The third-order valence-corrected chi connectivity index (χ3v) is 3.52. The van der Waals surface area contributed by atoms with Crippen LogP contribution in [0.3, 0.4) is 0 Å². The van der Waals surface area contributed by atoms with Crippen molar-refractivity contribution >= 4 is 23.2 Å². The van der Waals surface area contributed by atoms with E-state index in [2.05, 4.69) is 15.3 Å². The lowest BCUT2D eigenvalue weighted by Gasteiger charge is -2.07. The number of amides is 1. The van der Waals surface area contributed by atoms with Crippen LogP contribution >= 0.6 is 11.6 Å². The molecule has 1 aliphatic rings. The molecule has 0 saturated heterocycles. The number of pyridine rings is 1. The van der Waals surface area contributed by atoms with Gasteiger partial charge in [0.25, 0.3) is 11.5 Å². The summed E-state index contributed by atoms with van der Waals surface area (Å²) in [5, 5.41) is 2.73. The highest BCUT2D eigenvalue weighted by Crippen LogP contribution is 2.37.